The maximum Gasteiger partial charge on any atom is 0.434 e. The Kier molecular flexibility index (Phi) is 12.9. The summed E-state index contributed by atoms with van der Waals surface area (Å²) in [6.07, 6.45) is 0.509. The number of amides is 2. The van der Waals surface area contributed by atoms with Gasteiger partial charge in [-0.05, 0) is 72.7 Å². The molecule has 2 N–H and O–H groups in total. The number of ether oxygens (including phenoxy) is 3. The number of aromatic nitrogens is 3. The molecule has 3 aromatic heterocycles. The molecule has 298 valence electrons. The van der Waals surface area contributed by atoms with E-state index < -0.39 is 35.9 Å². The molecule has 0 bridgehead atoms. The Morgan fingerprint density at radius 2 is 1.38 bits per heavy atom. The van der Waals surface area contributed by atoms with E-state index in [1.807, 2.05) is 21.1 Å². The van der Waals surface area contributed by atoms with Crippen molar-refractivity contribution < 1.29 is 41.8 Å². The van der Waals surface area contributed by atoms with Gasteiger partial charge in [-0.3, -0.25) is 5.32 Å². The number of carbonyl (C=O) groups excluding carboxylic acids is 3. The third-order valence-electron chi connectivity index (χ3n) is 10.1. The Balaban J connectivity index is 1.52. The van der Waals surface area contributed by atoms with Gasteiger partial charge in [0.1, 0.15) is 34.7 Å². The van der Waals surface area contributed by atoms with Gasteiger partial charge in [0.05, 0.1) is 5.56 Å². The molecule has 3 saturated heterocycles. The lowest BCUT2D eigenvalue weighted by molar-refractivity contribution is -0.140. The molecule has 3 aliphatic heterocycles. The number of carbonyl (C=O) groups is 3. The van der Waals surface area contributed by atoms with Crippen LogP contribution >= 0.6 is 11.3 Å². The lowest BCUT2D eigenvalue weighted by Crippen LogP contribution is -2.36. The van der Waals surface area contributed by atoms with Crippen LogP contribution in [0.25, 0.3) is 21.7 Å². The quantitative estimate of drug-likeness (QED) is 0.253. The van der Waals surface area contributed by atoms with Crippen LogP contribution < -0.4 is 15.4 Å². The predicted octanol–water partition coefficient (Wildman–Crippen LogP) is 5.40. The second-order valence-corrected chi connectivity index (χ2v) is 15.2. The molecule has 3 aromatic rings. The molecule has 0 atom stereocenters. The van der Waals surface area contributed by atoms with E-state index in [0.29, 0.717) is 63.0 Å². The van der Waals surface area contributed by atoms with Crippen LogP contribution in [0.2, 0.25) is 0 Å². The number of urea groups is 1. The Morgan fingerprint density at radius 1 is 0.818 bits per heavy atom. The van der Waals surface area contributed by atoms with Crippen LogP contribution in [0, 0.1) is 0 Å². The summed E-state index contributed by atoms with van der Waals surface area (Å²) in [7, 11) is 5.96. The van der Waals surface area contributed by atoms with Crippen molar-refractivity contribution in [3.05, 3.63) is 40.7 Å². The van der Waals surface area contributed by atoms with Gasteiger partial charge in [-0.2, -0.15) is 13.2 Å². The zero-order chi connectivity index (χ0) is 39.3. The molecular formula is C37H47F3N8O6S. The number of likely N-dealkylation sites (tertiary alicyclic amines) is 3. The summed E-state index contributed by atoms with van der Waals surface area (Å²) in [5.41, 5.74) is -1.19. The molecule has 0 spiro atoms. The van der Waals surface area contributed by atoms with E-state index in [4.69, 9.17) is 14.2 Å². The molecule has 18 heteroatoms. The number of halogens is 3. The molecule has 0 unspecified atom stereocenters. The maximum absolute atomic E-state index is 14.4. The molecule has 14 nitrogen and oxygen atoms in total. The van der Waals surface area contributed by atoms with Crippen molar-refractivity contribution in [1.29, 1.82) is 0 Å². The van der Waals surface area contributed by atoms with Crippen LogP contribution in [-0.2, 0) is 15.7 Å². The van der Waals surface area contributed by atoms with Crippen molar-refractivity contribution in [2.45, 2.75) is 69.9 Å². The number of hydrogen-bond acceptors (Lipinski definition) is 13. The number of alkyl halides is 3. The third kappa shape index (κ3) is 10.1. The monoisotopic (exact) mass is 788 g/mol. The van der Waals surface area contributed by atoms with E-state index >= 15 is 0 Å². The number of nitrogens with one attached hydrogen (secondary N) is 2. The van der Waals surface area contributed by atoms with Gasteiger partial charge in [-0.1, -0.05) is 0 Å². The van der Waals surface area contributed by atoms with Crippen molar-refractivity contribution >= 4 is 35.1 Å². The maximum atomic E-state index is 14.4. The second kappa shape index (κ2) is 17.6. The van der Waals surface area contributed by atoms with Gasteiger partial charge in [-0.15, -0.1) is 11.3 Å². The van der Waals surface area contributed by atoms with Crippen LogP contribution in [-0.4, -0.2) is 133 Å². The molecule has 3 aliphatic rings. The van der Waals surface area contributed by atoms with Crippen molar-refractivity contribution in [3.63, 3.8) is 0 Å². The van der Waals surface area contributed by atoms with E-state index in [1.165, 1.54) is 18.5 Å². The highest BCUT2D eigenvalue weighted by atomic mass is 32.1. The second-order valence-electron chi connectivity index (χ2n) is 14.3. The van der Waals surface area contributed by atoms with Crippen LogP contribution in [0.5, 0.6) is 5.88 Å². The first-order valence-corrected chi connectivity index (χ1v) is 19.4. The number of anilines is 1. The van der Waals surface area contributed by atoms with Gasteiger partial charge in [-0.25, -0.2) is 29.3 Å². The lowest BCUT2D eigenvalue weighted by atomic mass is 9.96. The predicted molar refractivity (Wildman–Crippen MR) is 199 cm³/mol. The fourth-order valence-electron chi connectivity index (χ4n) is 6.81. The van der Waals surface area contributed by atoms with Crippen LogP contribution in [0.1, 0.15) is 71.9 Å². The van der Waals surface area contributed by atoms with E-state index in [-0.39, 0.29) is 63.3 Å². The molecule has 0 aromatic carbocycles. The minimum atomic E-state index is -4.79. The van der Waals surface area contributed by atoms with E-state index in [1.54, 1.807) is 6.92 Å². The summed E-state index contributed by atoms with van der Waals surface area (Å²) < 4.78 is 60.6. The average molecular weight is 789 g/mol. The number of rotatable bonds is 10. The van der Waals surface area contributed by atoms with Gasteiger partial charge in [0.2, 0.25) is 5.88 Å². The molecule has 0 aliphatic carbocycles. The highest BCUT2D eigenvalue weighted by Crippen LogP contribution is 2.44. The Hall–Kier alpha value is -4.39. The summed E-state index contributed by atoms with van der Waals surface area (Å²) in [6, 6.07) is 0.805. The van der Waals surface area contributed by atoms with Gasteiger partial charge in [0.25, 0.3) is 0 Å². The van der Waals surface area contributed by atoms with Gasteiger partial charge in [0, 0.05) is 80.3 Å². The number of hydrogen-bond donors (Lipinski definition) is 2. The fraction of sp³-hybridized carbons (Fsp3) is 0.568. The van der Waals surface area contributed by atoms with Crippen molar-refractivity contribution in [3.8, 4) is 27.6 Å². The van der Waals surface area contributed by atoms with Crippen molar-refractivity contribution in [2.75, 3.05) is 72.3 Å². The summed E-state index contributed by atoms with van der Waals surface area (Å²) in [5, 5.41) is 5.84. The van der Waals surface area contributed by atoms with Gasteiger partial charge in [0.15, 0.2) is 5.69 Å². The van der Waals surface area contributed by atoms with Crippen LogP contribution in [0.15, 0.2) is 23.8 Å². The first-order chi connectivity index (χ1) is 26.3. The molecule has 3 fully saturated rings. The Labute approximate surface area is 321 Å². The summed E-state index contributed by atoms with van der Waals surface area (Å²) in [6.45, 7) is 6.34. The molecule has 0 radical (unpaired) electrons. The van der Waals surface area contributed by atoms with E-state index in [2.05, 4.69) is 40.3 Å². The molecule has 6 rings (SSSR count). The average Bonchev–Trinajstić information content (AvgIpc) is 3.66. The smallest absolute Gasteiger partial charge is 0.434 e. The zero-order valence-electron chi connectivity index (χ0n) is 31.4. The summed E-state index contributed by atoms with van der Waals surface area (Å²) in [5.74, 6) is -1.69. The normalized spacial score (nSPS) is 18.5. The number of pyridine rings is 2. The first kappa shape index (κ1) is 40.3. The largest absolute Gasteiger partial charge is 0.474 e. The van der Waals surface area contributed by atoms with Gasteiger partial charge >= 0.3 is 24.1 Å². The van der Waals surface area contributed by atoms with Crippen molar-refractivity contribution in [1.82, 2.24) is 35.0 Å². The number of nitrogens with zero attached hydrogens (tertiary/aromatic N) is 6. The van der Waals surface area contributed by atoms with Gasteiger partial charge < -0.3 is 34.2 Å². The van der Waals surface area contributed by atoms with Crippen LogP contribution in [0.4, 0.5) is 23.8 Å². The Morgan fingerprint density at radius 3 is 1.93 bits per heavy atom. The lowest BCUT2D eigenvalue weighted by Gasteiger charge is -2.30. The molecule has 55 heavy (non-hydrogen) atoms. The van der Waals surface area contributed by atoms with E-state index in [0.717, 1.165) is 31.6 Å². The number of esters is 2. The van der Waals surface area contributed by atoms with Crippen molar-refractivity contribution in [2.24, 2.45) is 0 Å². The third-order valence-corrected chi connectivity index (χ3v) is 10.9. The number of piperidine rings is 3. The highest BCUT2D eigenvalue weighted by Gasteiger charge is 2.37. The minimum Gasteiger partial charge on any atom is -0.474 e. The Bertz CT molecular complexity index is 1840. The van der Waals surface area contributed by atoms with Crippen LogP contribution in [0.3, 0.4) is 0 Å². The fourth-order valence-corrected chi connectivity index (χ4v) is 7.70. The summed E-state index contributed by atoms with van der Waals surface area (Å²) >= 11 is 0.666. The zero-order valence-corrected chi connectivity index (χ0v) is 32.2. The standard InChI is InChI=1S/C37H47F3N8O6S/c1-5-41-36(51)45-31-30(35(50)54-25-10-16-48(4)17-11-25)29(33-44-28(21-55-33)37(38,39)40)27(20-42-31)26-18-22(34(49)53-24-8-14-47(3)15-9-24)19-43-32(26)52-23-6-12-46(2)13-7-23/h18-21,23-25H,5-17H2,1-4H3,(H2,41,42,45,51). The van der Waals surface area contributed by atoms with E-state index in [9.17, 15) is 27.6 Å². The number of thiazole rings is 1. The molecule has 2 amide bonds. The highest BCUT2D eigenvalue weighted by molar-refractivity contribution is 7.13. The molecule has 6 heterocycles. The first-order valence-electron chi connectivity index (χ1n) is 18.5. The minimum absolute atomic E-state index is 0.0747. The SMILES string of the molecule is CCNC(=O)Nc1ncc(-c2cc(C(=O)OC3CCN(C)CC3)cnc2OC2CCN(C)CC2)c(-c2nc(C(F)(F)F)cs2)c1C(=O)OC1CCN(C)CC1. The topological polar surface area (TPSA) is 151 Å². The summed E-state index contributed by atoms with van der Waals surface area (Å²) in [4.78, 5) is 60.3. The molecular weight excluding hydrogens is 742 g/mol. The molecule has 0 saturated carbocycles.